The first-order chi connectivity index (χ1) is 13.5. The van der Waals surface area contributed by atoms with Gasteiger partial charge in [-0.05, 0) is 54.6 Å². The molecule has 0 aliphatic rings. The molecule has 1 aromatic heterocycles. The summed E-state index contributed by atoms with van der Waals surface area (Å²) in [5.74, 6) is -0.726. The predicted molar refractivity (Wildman–Crippen MR) is 109 cm³/mol. The van der Waals surface area contributed by atoms with Crippen molar-refractivity contribution >= 4 is 40.1 Å². The summed E-state index contributed by atoms with van der Waals surface area (Å²) in [6, 6.07) is 19.8. The van der Waals surface area contributed by atoms with E-state index < -0.39 is 11.4 Å². The lowest BCUT2D eigenvalue weighted by Crippen LogP contribution is -2.16. The van der Waals surface area contributed by atoms with Crippen LogP contribution in [0.5, 0.6) is 5.75 Å². The van der Waals surface area contributed by atoms with Crippen molar-refractivity contribution < 1.29 is 13.9 Å². The van der Waals surface area contributed by atoms with E-state index in [-0.39, 0.29) is 16.9 Å². The van der Waals surface area contributed by atoms with Crippen LogP contribution in [0.15, 0.2) is 82.0 Å². The van der Waals surface area contributed by atoms with Crippen LogP contribution in [-0.2, 0) is 0 Å². The highest BCUT2D eigenvalue weighted by atomic mass is 35.5. The van der Waals surface area contributed by atoms with Gasteiger partial charge in [-0.25, -0.2) is 4.79 Å². The third kappa shape index (κ3) is 3.52. The lowest BCUT2D eigenvalue weighted by Gasteiger charge is -2.11. The summed E-state index contributed by atoms with van der Waals surface area (Å²) in [5, 5.41) is 1.13. The van der Waals surface area contributed by atoms with Crippen molar-refractivity contribution in [1.29, 1.82) is 0 Å². The Hall–Kier alpha value is -3.08. The van der Waals surface area contributed by atoms with Gasteiger partial charge in [-0.15, -0.1) is 0 Å². The maximum Gasteiger partial charge on any atom is 0.343 e. The van der Waals surface area contributed by atoms with E-state index in [4.69, 9.17) is 32.4 Å². The van der Waals surface area contributed by atoms with Crippen LogP contribution in [-0.4, -0.2) is 5.97 Å². The fourth-order valence-corrected chi connectivity index (χ4v) is 3.06. The number of benzene rings is 3. The SMILES string of the molecule is O=C(Oc1c(-c2ccc(Cl)cc2)oc2ccc(Cl)cc2c1=O)c1ccccc1. The highest BCUT2D eigenvalue weighted by Crippen LogP contribution is 2.32. The molecule has 0 amide bonds. The topological polar surface area (TPSA) is 56.5 Å². The van der Waals surface area contributed by atoms with Crippen molar-refractivity contribution in [2.45, 2.75) is 0 Å². The van der Waals surface area contributed by atoms with Crippen LogP contribution in [0.2, 0.25) is 10.0 Å². The maximum absolute atomic E-state index is 13.1. The first kappa shape index (κ1) is 18.3. The number of carbonyl (C=O) groups is 1. The molecule has 0 atom stereocenters. The fourth-order valence-electron chi connectivity index (χ4n) is 2.76. The van der Waals surface area contributed by atoms with E-state index in [1.165, 1.54) is 6.07 Å². The van der Waals surface area contributed by atoms with Crippen LogP contribution in [0.4, 0.5) is 0 Å². The van der Waals surface area contributed by atoms with Crippen LogP contribution in [0.1, 0.15) is 10.4 Å². The van der Waals surface area contributed by atoms with Crippen molar-refractivity contribution in [2.75, 3.05) is 0 Å². The molecule has 0 radical (unpaired) electrons. The normalized spacial score (nSPS) is 10.8. The summed E-state index contributed by atoms with van der Waals surface area (Å²) in [5.41, 5.74) is 0.709. The average Bonchev–Trinajstić information content (AvgIpc) is 2.71. The fraction of sp³-hybridized carbons (Fsp3) is 0. The van der Waals surface area contributed by atoms with Crippen LogP contribution in [0.25, 0.3) is 22.3 Å². The Balaban J connectivity index is 1.92. The van der Waals surface area contributed by atoms with Crippen molar-refractivity contribution in [3.63, 3.8) is 0 Å². The van der Waals surface area contributed by atoms with E-state index in [9.17, 15) is 9.59 Å². The maximum atomic E-state index is 13.1. The molecule has 4 aromatic rings. The summed E-state index contributed by atoms with van der Waals surface area (Å²) in [6.45, 7) is 0. The number of fused-ring (bicyclic) bond motifs is 1. The second-order valence-electron chi connectivity index (χ2n) is 5.99. The largest absolute Gasteiger partial charge is 0.452 e. The molecule has 1 heterocycles. The Morgan fingerprint density at radius 1 is 0.857 bits per heavy atom. The number of rotatable bonds is 3. The summed E-state index contributed by atoms with van der Waals surface area (Å²) < 4.78 is 11.4. The summed E-state index contributed by atoms with van der Waals surface area (Å²) >= 11 is 12.0. The van der Waals surface area contributed by atoms with Gasteiger partial charge in [0.15, 0.2) is 5.76 Å². The molecule has 0 bridgehead atoms. The second-order valence-corrected chi connectivity index (χ2v) is 6.87. The first-order valence-electron chi connectivity index (χ1n) is 8.32. The lowest BCUT2D eigenvalue weighted by molar-refractivity contribution is 0.0731. The van der Waals surface area contributed by atoms with Gasteiger partial charge in [-0.2, -0.15) is 0 Å². The molecular weight excluding hydrogens is 399 g/mol. The van der Waals surface area contributed by atoms with Crippen LogP contribution >= 0.6 is 23.2 Å². The van der Waals surface area contributed by atoms with E-state index in [1.54, 1.807) is 66.7 Å². The zero-order chi connectivity index (χ0) is 19.7. The standard InChI is InChI=1S/C22H12Cl2O4/c23-15-8-6-13(7-9-15)20-21(28-22(26)14-4-2-1-3-5-14)19(25)17-12-16(24)10-11-18(17)27-20/h1-12H. The quantitative estimate of drug-likeness (QED) is 0.389. The van der Waals surface area contributed by atoms with Crippen molar-refractivity contribution in [3.8, 4) is 17.1 Å². The molecule has 4 rings (SSSR count). The molecule has 3 aromatic carbocycles. The monoisotopic (exact) mass is 410 g/mol. The number of carbonyl (C=O) groups excluding carboxylic acids is 1. The smallest absolute Gasteiger partial charge is 0.343 e. The molecule has 28 heavy (non-hydrogen) atoms. The number of hydrogen-bond donors (Lipinski definition) is 0. The third-order valence-electron chi connectivity index (χ3n) is 4.12. The Morgan fingerprint density at radius 3 is 2.25 bits per heavy atom. The molecule has 0 aliphatic heterocycles. The summed E-state index contributed by atoms with van der Waals surface area (Å²) in [6.07, 6.45) is 0. The van der Waals surface area contributed by atoms with E-state index >= 15 is 0 Å². The summed E-state index contributed by atoms with van der Waals surface area (Å²) in [7, 11) is 0. The van der Waals surface area contributed by atoms with E-state index in [1.807, 2.05) is 0 Å². The van der Waals surface area contributed by atoms with Crippen LogP contribution in [0, 0.1) is 0 Å². The zero-order valence-electron chi connectivity index (χ0n) is 14.3. The molecule has 6 heteroatoms. The minimum Gasteiger partial charge on any atom is -0.452 e. The van der Waals surface area contributed by atoms with Gasteiger partial charge in [-0.1, -0.05) is 41.4 Å². The van der Waals surface area contributed by atoms with Gasteiger partial charge in [0.1, 0.15) is 5.58 Å². The van der Waals surface area contributed by atoms with Gasteiger partial charge in [0.25, 0.3) is 0 Å². The number of hydrogen-bond acceptors (Lipinski definition) is 4. The molecular formula is C22H12Cl2O4. The van der Waals surface area contributed by atoms with Crippen molar-refractivity contribution in [3.05, 3.63) is 98.6 Å². The Bertz CT molecular complexity index is 1230. The third-order valence-corrected chi connectivity index (χ3v) is 4.61. The average molecular weight is 411 g/mol. The Labute approximate surface area is 169 Å². The van der Waals surface area contributed by atoms with Gasteiger partial charge in [0, 0.05) is 15.6 Å². The lowest BCUT2D eigenvalue weighted by atomic mass is 10.1. The first-order valence-corrected chi connectivity index (χ1v) is 9.08. The number of ether oxygens (including phenoxy) is 1. The van der Waals surface area contributed by atoms with Crippen molar-refractivity contribution in [2.24, 2.45) is 0 Å². The van der Waals surface area contributed by atoms with Crippen LogP contribution < -0.4 is 10.2 Å². The predicted octanol–water partition coefficient (Wildman–Crippen LogP) is 5.99. The molecule has 138 valence electrons. The minimum atomic E-state index is -0.663. The highest BCUT2D eigenvalue weighted by molar-refractivity contribution is 6.31. The van der Waals surface area contributed by atoms with E-state index in [0.29, 0.717) is 26.8 Å². The molecule has 0 spiro atoms. The summed E-state index contributed by atoms with van der Waals surface area (Å²) in [4.78, 5) is 25.6. The Kier molecular flexibility index (Phi) is 4.90. The number of halogens is 2. The van der Waals surface area contributed by atoms with Gasteiger partial charge in [-0.3, -0.25) is 4.79 Å². The van der Waals surface area contributed by atoms with Gasteiger partial charge in [0.2, 0.25) is 11.2 Å². The van der Waals surface area contributed by atoms with Gasteiger partial charge in [0.05, 0.1) is 10.9 Å². The van der Waals surface area contributed by atoms with Crippen molar-refractivity contribution in [1.82, 2.24) is 0 Å². The highest BCUT2D eigenvalue weighted by Gasteiger charge is 2.21. The second kappa shape index (κ2) is 7.50. The molecule has 0 N–H and O–H groups in total. The minimum absolute atomic E-state index is 0.140. The number of esters is 1. The molecule has 0 unspecified atom stereocenters. The molecule has 0 saturated heterocycles. The van der Waals surface area contributed by atoms with Gasteiger partial charge < -0.3 is 9.15 Å². The molecule has 0 fully saturated rings. The van der Waals surface area contributed by atoms with Crippen LogP contribution in [0.3, 0.4) is 0 Å². The van der Waals surface area contributed by atoms with E-state index in [2.05, 4.69) is 0 Å². The Morgan fingerprint density at radius 2 is 1.54 bits per heavy atom. The zero-order valence-corrected chi connectivity index (χ0v) is 15.8. The molecule has 4 nitrogen and oxygen atoms in total. The van der Waals surface area contributed by atoms with E-state index in [0.717, 1.165) is 0 Å². The van der Waals surface area contributed by atoms with Gasteiger partial charge >= 0.3 is 5.97 Å². The molecule has 0 aliphatic carbocycles. The molecule has 0 saturated carbocycles.